The highest BCUT2D eigenvalue weighted by atomic mass is 16.2. The molecule has 3 aliphatic carbocycles. The van der Waals surface area contributed by atoms with E-state index in [0.29, 0.717) is 36.3 Å². The highest BCUT2D eigenvalue weighted by molar-refractivity contribution is 5.91. The van der Waals surface area contributed by atoms with Crippen LogP contribution in [0, 0.1) is 22.7 Å². The molecule has 40 heavy (non-hydrogen) atoms. The monoisotopic (exact) mass is 550 g/mol. The van der Waals surface area contributed by atoms with Gasteiger partial charge in [-0.25, -0.2) is 4.79 Å². The zero-order chi connectivity index (χ0) is 29.4. The fourth-order valence-corrected chi connectivity index (χ4v) is 6.92. The van der Waals surface area contributed by atoms with Gasteiger partial charge in [-0.3, -0.25) is 9.69 Å². The van der Waals surface area contributed by atoms with Crippen LogP contribution in [-0.4, -0.2) is 72.5 Å². The molecule has 2 fully saturated rings. The van der Waals surface area contributed by atoms with Crippen LogP contribution in [0.5, 0.6) is 0 Å². The van der Waals surface area contributed by atoms with Crippen LogP contribution in [0.4, 0.5) is 10.5 Å². The van der Waals surface area contributed by atoms with Crippen molar-refractivity contribution in [2.75, 3.05) is 51.1 Å². The van der Waals surface area contributed by atoms with Gasteiger partial charge < -0.3 is 15.1 Å². The van der Waals surface area contributed by atoms with E-state index in [1.54, 1.807) is 0 Å². The maximum atomic E-state index is 13.5. The standard InChI is InChI=1S/C34H54N4O2/c1-23(2)27-11-10-12-28(24(3)4)30(27)35-32(40)37-18-15-36(16-19-37)17-20-38(31(39)33(5,6)7)22-25-13-14-26-21-29(25)34(26,8)9/h10-13,23-24,26,29H,14-22H2,1-9H3,(H,35,40). The first-order valence-corrected chi connectivity index (χ1v) is 15.6. The van der Waals surface area contributed by atoms with Gasteiger partial charge in [0, 0.05) is 56.9 Å². The number of anilines is 1. The van der Waals surface area contributed by atoms with Gasteiger partial charge in [0.25, 0.3) is 0 Å². The molecule has 5 rings (SSSR count). The Hall–Kier alpha value is -2.34. The summed E-state index contributed by atoms with van der Waals surface area (Å²) in [5.41, 5.74) is 4.79. The summed E-state index contributed by atoms with van der Waals surface area (Å²) in [6.07, 6.45) is 4.86. The summed E-state index contributed by atoms with van der Waals surface area (Å²) in [5.74, 6) is 2.32. The lowest BCUT2D eigenvalue weighted by molar-refractivity contribution is -0.139. The Morgan fingerprint density at radius 3 is 2.12 bits per heavy atom. The molecule has 1 N–H and O–H groups in total. The van der Waals surface area contributed by atoms with Crippen molar-refractivity contribution in [2.24, 2.45) is 22.7 Å². The molecule has 6 heteroatoms. The lowest BCUT2D eigenvalue weighted by Gasteiger charge is -2.57. The third-order valence-electron chi connectivity index (χ3n) is 9.84. The molecular formula is C34H54N4O2. The third kappa shape index (κ3) is 6.42. The van der Waals surface area contributed by atoms with Crippen LogP contribution in [0.2, 0.25) is 0 Å². The predicted molar refractivity (Wildman–Crippen MR) is 166 cm³/mol. The lowest BCUT2D eigenvalue weighted by Crippen LogP contribution is -2.53. The Balaban J connectivity index is 1.34. The number of piperazine rings is 1. The van der Waals surface area contributed by atoms with Gasteiger partial charge in [0.2, 0.25) is 5.91 Å². The molecule has 2 unspecified atom stereocenters. The Bertz CT molecular complexity index is 1080. The van der Waals surface area contributed by atoms with E-state index < -0.39 is 5.41 Å². The van der Waals surface area contributed by atoms with Gasteiger partial charge in [-0.2, -0.15) is 0 Å². The summed E-state index contributed by atoms with van der Waals surface area (Å²) >= 11 is 0. The lowest BCUT2D eigenvalue weighted by atomic mass is 9.49. The number of nitrogens with one attached hydrogen (secondary N) is 1. The van der Waals surface area contributed by atoms with Gasteiger partial charge in [-0.1, -0.05) is 92.2 Å². The van der Waals surface area contributed by atoms with Crippen molar-refractivity contribution in [2.45, 2.75) is 87.0 Å². The number of hydrogen-bond acceptors (Lipinski definition) is 3. The number of carbonyl (C=O) groups is 2. The van der Waals surface area contributed by atoms with Crippen LogP contribution in [0.15, 0.2) is 29.8 Å². The summed E-state index contributed by atoms with van der Waals surface area (Å²) in [7, 11) is 0. The number of rotatable bonds is 8. The van der Waals surface area contributed by atoms with Crippen LogP contribution in [0.25, 0.3) is 0 Å². The normalized spacial score (nSPS) is 22.7. The summed E-state index contributed by atoms with van der Waals surface area (Å²) in [6, 6.07) is 6.34. The molecule has 2 atom stereocenters. The molecule has 1 aromatic carbocycles. The molecule has 1 heterocycles. The molecule has 1 saturated heterocycles. The molecule has 1 aliphatic heterocycles. The molecule has 2 bridgehead atoms. The molecule has 1 aromatic rings. The van der Waals surface area contributed by atoms with Crippen LogP contribution in [-0.2, 0) is 4.79 Å². The highest BCUT2D eigenvalue weighted by Gasteiger charge is 2.51. The molecule has 4 aliphatic rings. The number of nitrogens with zero attached hydrogens (tertiary/aromatic N) is 3. The second kappa shape index (κ2) is 11.9. The zero-order valence-electron chi connectivity index (χ0n) is 26.6. The Morgan fingerprint density at radius 2 is 1.62 bits per heavy atom. The number of amides is 3. The van der Waals surface area contributed by atoms with E-state index in [9.17, 15) is 9.59 Å². The van der Waals surface area contributed by atoms with Crippen LogP contribution in [0.1, 0.15) is 98.1 Å². The highest BCUT2D eigenvalue weighted by Crippen LogP contribution is 2.59. The van der Waals surface area contributed by atoms with Crippen molar-refractivity contribution in [3.8, 4) is 0 Å². The van der Waals surface area contributed by atoms with E-state index in [1.807, 2.05) is 25.7 Å². The quantitative estimate of drug-likeness (QED) is 0.356. The summed E-state index contributed by atoms with van der Waals surface area (Å²) in [5, 5.41) is 3.28. The number of allylic oxidation sites excluding steroid dienone is 1. The molecule has 0 radical (unpaired) electrons. The minimum absolute atomic E-state index is 0.00941. The second-order valence-corrected chi connectivity index (χ2v) is 14.7. The van der Waals surface area contributed by atoms with Crippen molar-refractivity contribution >= 4 is 17.6 Å². The van der Waals surface area contributed by atoms with E-state index in [0.717, 1.165) is 50.7 Å². The van der Waals surface area contributed by atoms with Gasteiger partial charge in [0.05, 0.1) is 0 Å². The first-order chi connectivity index (χ1) is 18.7. The predicted octanol–water partition coefficient (Wildman–Crippen LogP) is 6.95. The minimum Gasteiger partial charge on any atom is -0.337 e. The zero-order valence-corrected chi connectivity index (χ0v) is 26.6. The molecular weight excluding hydrogens is 496 g/mol. The summed E-state index contributed by atoms with van der Waals surface area (Å²) in [6.45, 7) is 25.0. The number of benzene rings is 1. The summed E-state index contributed by atoms with van der Waals surface area (Å²) in [4.78, 5) is 33.3. The van der Waals surface area contributed by atoms with Gasteiger partial charge in [0.1, 0.15) is 0 Å². The smallest absolute Gasteiger partial charge is 0.321 e. The fraction of sp³-hybridized carbons (Fsp3) is 0.706. The van der Waals surface area contributed by atoms with E-state index in [1.165, 1.54) is 23.1 Å². The van der Waals surface area contributed by atoms with Gasteiger partial charge in [0.15, 0.2) is 0 Å². The summed E-state index contributed by atoms with van der Waals surface area (Å²) < 4.78 is 0. The van der Waals surface area contributed by atoms with Gasteiger partial charge in [-0.05, 0) is 53.1 Å². The van der Waals surface area contributed by atoms with Gasteiger partial charge in [-0.15, -0.1) is 0 Å². The molecule has 0 aromatic heterocycles. The molecule has 6 nitrogen and oxygen atoms in total. The van der Waals surface area contributed by atoms with Crippen molar-refractivity contribution in [3.63, 3.8) is 0 Å². The first-order valence-electron chi connectivity index (χ1n) is 15.6. The third-order valence-corrected chi connectivity index (χ3v) is 9.84. The van der Waals surface area contributed by atoms with E-state index in [4.69, 9.17) is 0 Å². The topological polar surface area (TPSA) is 55.9 Å². The Kier molecular flexibility index (Phi) is 9.09. The van der Waals surface area contributed by atoms with E-state index in [2.05, 4.69) is 80.9 Å². The SMILES string of the molecule is CC(C)c1cccc(C(C)C)c1NC(=O)N1CCN(CCN(CC2=CCC3CC2C3(C)C)C(=O)C(C)(C)C)CC1. The average molecular weight is 551 g/mol. The van der Waals surface area contributed by atoms with E-state index in [-0.39, 0.29) is 11.9 Å². The molecule has 0 spiro atoms. The number of urea groups is 1. The first kappa shape index (κ1) is 30.6. The van der Waals surface area contributed by atoms with Crippen LogP contribution < -0.4 is 5.32 Å². The average Bonchev–Trinajstić information content (AvgIpc) is 2.90. The molecule has 1 saturated carbocycles. The fourth-order valence-electron chi connectivity index (χ4n) is 6.92. The van der Waals surface area contributed by atoms with Gasteiger partial charge >= 0.3 is 6.03 Å². The Morgan fingerprint density at radius 1 is 1.02 bits per heavy atom. The number of carbonyl (C=O) groups excluding carboxylic acids is 2. The maximum Gasteiger partial charge on any atom is 0.321 e. The van der Waals surface area contributed by atoms with Crippen LogP contribution >= 0.6 is 0 Å². The molecule has 222 valence electrons. The second-order valence-electron chi connectivity index (χ2n) is 14.7. The maximum absolute atomic E-state index is 13.5. The van der Waals surface area contributed by atoms with Crippen molar-refractivity contribution < 1.29 is 9.59 Å². The number of para-hydroxylation sites is 1. The largest absolute Gasteiger partial charge is 0.337 e. The van der Waals surface area contributed by atoms with Crippen LogP contribution in [0.3, 0.4) is 0 Å². The van der Waals surface area contributed by atoms with E-state index >= 15 is 0 Å². The van der Waals surface area contributed by atoms with Crippen molar-refractivity contribution in [1.82, 2.24) is 14.7 Å². The van der Waals surface area contributed by atoms with Crippen molar-refractivity contribution in [1.29, 1.82) is 0 Å². The Labute approximate surface area is 243 Å². The van der Waals surface area contributed by atoms with Crippen molar-refractivity contribution in [3.05, 3.63) is 41.0 Å². The minimum atomic E-state index is -0.398. The molecule has 3 amide bonds. The number of fused-ring (bicyclic) bond motifs is 1. The number of hydrogen-bond donors (Lipinski definition) is 1.